The van der Waals surface area contributed by atoms with Gasteiger partial charge in [-0.2, -0.15) is 25.3 Å². The molecule has 0 saturated carbocycles. The molecule has 3 N–H and O–H groups in total. The van der Waals surface area contributed by atoms with Crippen LogP contribution in [0.2, 0.25) is 0 Å². The molecule has 9 rings (SSSR count). The number of benzene rings is 5. The molecule has 7 aromatic rings. The van der Waals surface area contributed by atoms with E-state index in [-0.39, 0.29) is 44.6 Å². The molecular formula is C44H38N2O12S4. The molecule has 0 radical (unpaired) electrons. The predicted molar refractivity (Wildman–Crippen MR) is 235 cm³/mol. The Hall–Kier alpha value is -5.47. The maximum Gasteiger partial charge on any atom is 0.346 e. The van der Waals surface area contributed by atoms with Crippen LogP contribution in [-0.4, -0.2) is 57.0 Å². The Morgan fingerprint density at radius 1 is 0.677 bits per heavy atom. The molecule has 2 aromatic heterocycles. The largest absolute Gasteiger partial charge is 0.456 e. The molecule has 0 amide bonds. The summed E-state index contributed by atoms with van der Waals surface area (Å²) in [7, 11) is -14.1. The van der Waals surface area contributed by atoms with E-state index in [9.17, 15) is 43.7 Å². The van der Waals surface area contributed by atoms with Crippen LogP contribution < -0.4 is 15.3 Å². The SMILES string of the molecule is CC1(C)CCN2CCC(C)(C)c3c2c1cc1cc(-c2nc4cc(Oc5c(-c6ccc(S(=O)(=O)O)cc6)cc(S(=O)(=O)O)cc5-c5ccc(S(=O)(=O)O)cc5)ccc4s2)c(=O)oc31. The molecule has 18 heteroatoms. The van der Waals surface area contributed by atoms with Crippen molar-refractivity contribution < 1.29 is 48.1 Å². The van der Waals surface area contributed by atoms with Crippen molar-refractivity contribution in [3.8, 4) is 44.3 Å². The number of aromatic nitrogens is 1. The molecule has 320 valence electrons. The van der Waals surface area contributed by atoms with Crippen molar-refractivity contribution in [2.45, 2.75) is 66.1 Å². The fraction of sp³-hybridized carbons (Fsp3) is 0.227. The van der Waals surface area contributed by atoms with E-state index in [1.54, 1.807) is 18.2 Å². The van der Waals surface area contributed by atoms with Crippen molar-refractivity contribution in [2.75, 3.05) is 18.0 Å². The zero-order chi connectivity index (χ0) is 44.3. The summed E-state index contributed by atoms with van der Waals surface area (Å²) < 4.78 is 116. The van der Waals surface area contributed by atoms with Crippen LogP contribution in [0.5, 0.6) is 11.5 Å². The molecule has 0 bridgehead atoms. The highest BCUT2D eigenvalue weighted by Crippen LogP contribution is 2.52. The fourth-order valence-electron chi connectivity index (χ4n) is 8.41. The van der Waals surface area contributed by atoms with Crippen LogP contribution in [0.25, 0.3) is 54.0 Å². The number of hydrogen-bond donors (Lipinski definition) is 3. The second-order valence-corrected chi connectivity index (χ2v) is 22.1. The van der Waals surface area contributed by atoms with Gasteiger partial charge in [0.15, 0.2) is 0 Å². The molecule has 0 fully saturated rings. The third kappa shape index (κ3) is 7.38. The zero-order valence-electron chi connectivity index (χ0n) is 33.5. The molecule has 0 unspecified atom stereocenters. The standard InChI is InChI=1S/C44H38N2O12S4/c1-43(2)15-17-46-18-16-44(3,4)37-38(46)34(43)20-26-19-33(42(47)58-39(26)37)41-45-35-21-27(9-14-36(35)59-41)57-40-31(24-5-10-28(11-6-24)60(48,49)50)22-30(62(54,55)56)23-32(40)25-7-12-29(13-8-25)61(51,52)53/h5-14,19-23H,15-18H2,1-4H3,(H,48,49,50)(H,51,52,53)(H,54,55,56). The summed E-state index contributed by atoms with van der Waals surface area (Å²) in [5.74, 6) is 0.198. The minimum absolute atomic E-state index is 0.00158. The van der Waals surface area contributed by atoms with E-state index >= 15 is 0 Å². The summed E-state index contributed by atoms with van der Waals surface area (Å²) in [4.78, 5) is 19.7. The van der Waals surface area contributed by atoms with E-state index < -0.39 is 50.7 Å². The van der Waals surface area contributed by atoms with Gasteiger partial charge in [0, 0.05) is 46.9 Å². The van der Waals surface area contributed by atoms with Crippen molar-refractivity contribution in [1.29, 1.82) is 0 Å². The highest BCUT2D eigenvalue weighted by Gasteiger charge is 2.42. The van der Waals surface area contributed by atoms with E-state index in [4.69, 9.17) is 14.1 Å². The summed E-state index contributed by atoms with van der Waals surface area (Å²) in [5.41, 5.74) is 4.44. The Kier molecular flexibility index (Phi) is 9.64. The van der Waals surface area contributed by atoms with Crippen LogP contribution in [-0.2, 0) is 41.2 Å². The van der Waals surface area contributed by atoms with Gasteiger partial charge in [-0.05, 0) is 101 Å². The van der Waals surface area contributed by atoms with Gasteiger partial charge in [0.2, 0.25) is 0 Å². The minimum Gasteiger partial charge on any atom is -0.456 e. The quantitative estimate of drug-likeness (QED) is 0.0957. The average molecular weight is 915 g/mol. The van der Waals surface area contributed by atoms with Crippen LogP contribution in [0.15, 0.2) is 115 Å². The molecule has 62 heavy (non-hydrogen) atoms. The van der Waals surface area contributed by atoms with Crippen LogP contribution in [0.3, 0.4) is 0 Å². The summed E-state index contributed by atoms with van der Waals surface area (Å²) in [5, 5.41) is 1.22. The normalized spacial score (nSPS) is 16.1. The Bertz CT molecular complexity index is 3330. The third-order valence-electron chi connectivity index (χ3n) is 11.8. The molecule has 5 aromatic carbocycles. The molecule has 0 aliphatic carbocycles. The maximum absolute atomic E-state index is 13.9. The van der Waals surface area contributed by atoms with Crippen molar-refractivity contribution >= 4 is 68.6 Å². The Morgan fingerprint density at radius 3 is 1.77 bits per heavy atom. The number of ether oxygens (including phenoxy) is 1. The lowest BCUT2D eigenvalue weighted by Crippen LogP contribution is -2.44. The Morgan fingerprint density at radius 2 is 1.23 bits per heavy atom. The molecular weight excluding hydrogens is 877 g/mol. The van der Waals surface area contributed by atoms with Crippen LogP contribution in [0.1, 0.15) is 51.7 Å². The summed E-state index contributed by atoms with van der Waals surface area (Å²) >= 11 is 1.28. The molecule has 2 aliphatic heterocycles. The highest BCUT2D eigenvalue weighted by atomic mass is 32.2. The van der Waals surface area contributed by atoms with Crippen molar-refractivity contribution in [2.24, 2.45) is 0 Å². The first-order valence-corrected chi connectivity index (χ1v) is 24.4. The van der Waals surface area contributed by atoms with Crippen LogP contribution >= 0.6 is 11.3 Å². The number of rotatable bonds is 8. The van der Waals surface area contributed by atoms with Crippen molar-refractivity contribution in [3.63, 3.8) is 0 Å². The number of anilines is 1. The Balaban J connectivity index is 1.18. The lowest BCUT2D eigenvalue weighted by atomic mass is 9.69. The maximum atomic E-state index is 13.9. The molecule has 2 aliphatic rings. The number of nitrogens with zero attached hydrogens (tertiary/aromatic N) is 2. The van der Waals surface area contributed by atoms with Gasteiger partial charge in [-0.25, -0.2) is 9.78 Å². The van der Waals surface area contributed by atoms with Crippen LogP contribution in [0.4, 0.5) is 5.69 Å². The smallest absolute Gasteiger partial charge is 0.346 e. The van der Waals surface area contributed by atoms with Gasteiger partial charge in [0.25, 0.3) is 30.4 Å². The second-order valence-electron chi connectivity index (χ2n) is 16.8. The average Bonchev–Trinajstić information content (AvgIpc) is 3.62. The van der Waals surface area contributed by atoms with E-state index in [1.165, 1.54) is 41.2 Å². The first kappa shape index (κ1) is 41.9. The van der Waals surface area contributed by atoms with E-state index in [2.05, 4.69) is 38.7 Å². The van der Waals surface area contributed by atoms with Gasteiger partial charge in [0.05, 0.1) is 30.5 Å². The summed E-state index contributed by atoms with van der Waals surface area (Å²) in [6, 6.07) is 20.8. The second kappa shape index (κ2) is 14.3. The van der Waals surface area contributed by atoms with Crippen LogP contribution in [0, 0.1) is 0 Å². The van der Waals surface area contributed by atoms with Gasteiger partial charge < -0.3 is 14.1 Å². The van der Waals surface area contributed by atoms with Gasteiger partial charge in [-0.1, -0.05) is 52.0 Å². The topological polar surface area (TPSA) is 219 Å². The molecule has 0 atom stereocenters. The van der Waals surface area contributed by atoms with E-state index in [0.29, 0.717) is 26.4 Å². The number of thiazole rings is 1. The predicted octanol–water partition coefficient (Wildman–Crippen LogP) is 9.11. The van der Waals surface area contributed by atoms with E-state index in [1.807, 2.05) is 6.07 Å². The van der Waals surface area contributed by atoms with Gasteiger partial charge in [-0.15, -0.1) is 11.3 Å². The highest BCUT2D eigenvalue weighted by molar-refractivity contribution is 7.86. The first-order chi connectivity index (χ1) is 29.0. The first-order valence-electron chi connectivity index (χ1n) is 19.3. The molecule has 4 heterocycles. The monoisotopic (exact) mass is 914 g/mol. The zero-order valence-corrected chi connectivity index (χ0v) is 36.8. The third-order valence-corrected chi connectivity index (χ3v) is 15.5. The fourth-order valence-corrected chi connectivity index (χ4v) is 10.9. The minimum atomic E-state index is -4.88. The van der Waals surface area contributed by atoms with Gasteiger partial charge in [-0.3, -0.25) is 13.7 Å². The molecule has 14 nitrogen and oxygen atoms in total. The van der Waals surface area contributed by atoms with Crippen molar-refractivity contribution in [3.05, 3.63) is 113 Å². The number of hydrogen-bond acceptors (Lipinski definition) is 12. The lowest BCUT2D eigenvalue weighted by molar-refractivity contribution is 0.398. The van der Waals surface area contributed by atoms with Gasteiger partial charge >= 0.3 is 5.63 Å². The van der Waals surface area contributed by atoms with E-state index in [0.717, 1.165) is 79.0 Å². The summed E-state index contributed by atoms with van der Waals surface area (Å²) in [6.45, 7) is 10.7. The Labute approximate surface area is 360 Å². The number of fused-ring (bicyclic) bond motifs is 3. The van der Waals surface area contributed by atoms with Crippen molar-refractivity contribution in [1.82, 2.24) is 4.98 Å². The molecule has 0 spiro atoms. The molecule has 0 saturated heterocycles. The summed E-state index contributed by atoms with van der Waals surface area (Å²) in [6.07, 6.45) is 1.91. The lowest BCUT2D eigenvalue weighted by Gasteiger charge is -2.48. The van der Waals surface area contributed by atoms with Gasteiger partial charge in [0.1, 0.15) is 22.1 Å².